The van der Waals surface area contributed by atoms with E-state index in [0.717, 1.165) is 25.9 Å². The van der Waals surface area contributed by atoms with Crippen molar-refractivity contribution >= 4 is 10.9 Å². The van der Waals surface area contributed by atoms with Gasteiger partial charge in [-0.05, 0) is 37.9 Å². The third-order valence-corrected chi connectivity index (χ3v) is 6.91. The summed E-state index contributed by atoms with van der Waals surface area (Å²) in [7, 11) is 2.03. The second kappa shape index (κ2) is 7.03. The molecule has 3 aromatic rings. The van der Waals surface area contributed by atoms with E-state index in [1.54, 1.807) is 0 Å². The Morgan fingerprint density at radius 3 is 2.71 bits per heavy atom. The van der Waals surface area contributed by atoms with E-state index in [-0.39, 0.29) is 12.0 Å². The van der Waals surface area contributed by atoms with Gasteiger partial charge in [0.25, 0.3) is 0 Å². The Hall–Kier alpha value is -2.14. The van der Waals surface area contributed by atoms with Crippen molar-refractivity contribution in [2.24, 2.45) is 5.92 Å². The Morgan fingerprint density at radius 1 is 1.14 bits per heavy atom. The SMILES string of the molecule is CN[C@H]1C[C@H]2c3[nH]c4c(-c5ccccc5)cccc4c3CCN2C[C@H]1[C@H](C)O. The summed E-state index contributed by atoms with van der Waals surface area (Å²) in [5.41, 5.74) is 6.67. The van der Waals surface area contributed by atoms with Gasteiger partial charge in [0.05, 0.1) is 17.7 Å². The topological polar surface area (TPSA) is 51.3 Å². The van der Waals surface area contributed by atoms with Crippen molar-refractivity contribution in [1.29, 1.82) is 0 Å². The van der Waals surface area contributed by atoms with Crippen LogP contribution in [0.1, 0.15) is 30.6 Å². The predicted octanol–water partition coefficient (Wildman–Crippen LogP) is 3.72. The van der Waals surface area contributed by atoms with Gasteiger partial charge in [-0.1, -0.05) is 48.5 Å². The molecule has 4 heteroatoms. The lowest BCUT2D eigenvalue weighted by Crippen LogP contribution is -2.54. The standard InChI is InChI=1S/C24H29N3O/c1-15(28)20-14-27-12-11-19-18-10-6-9-17(16-7-4-3-5-8-16)23(18)26-24(19)22(27)13-21(20)25-2/h3-10,15,20-22,25-26,28H,11-14H2,1-2H3/t15-,20-,21-,22-/m0/s1. The minimum atomic E-state index is -0.285. The monoisotopic (exact) mass is 375 g/mol. The lowest BCUT2D eigenvalue weighted by molar-refractivity contribution is 0.00759. The average Bonchev–Trinajstić information content (AvgIpc) is 3.12. The van der Waals surface area contributed by atoms with Gasteiger partial charge in [0.1, 0.15) is 0 Å². The summed E-state index contributed by atoms with van der Waals surface area (Å²) in [6.07, 6.45) is 1.82. The molecule has 4 atom stereocenters. The molecular weight excluding hydrogens is 346 g/mol. The molecule has 146 valence electrons. The first-order valence-electron chi connectivity index (χ1n) is 10.5. The van der Waals surface area contributed by atoms with Crippen molar-refractivity contribution in [2.75, 3.05) is 20.1 Å². The maximum absolute atomic E-state index is 10.3. The van der Waals surface area contributed by atoms with Crippen molar-refractivity contribution in [2.45, 2.75) is 38.0 Å². The van der Waals surface area contributed by atoms with Gasteiger partial charge in [0, 0.05) is 41.7 Å². The summed E-state index contributed by atoms with van der Waals surface area (Å²) in [4.78, 5) is 6.41. The fourth-order valence-corrected chi connectivity index (χ4v) is 5.42. The van der Waals surface area contributed by atoms with Crippen LogP contribution in [0, 0.1) is 5.92 Å². The molecule has 0 aliphatic carbocycles. The number of nitrogens with one attached hydrogen (secondary N) is 2. The highest BCUT2D eigenvalue weighted by Crippen LogP contribution is 2.43. The molecule has 2 aliphatic rings. The van der Waals surface area contributed by atoms with Gasteiger partial charge in [-0.2, -0.15) is 0 Å². The van der Waals surface area contributed by atoms with Crippen LogP contribution in [0.25, 0.3) is 22.0 Å². The summed E-state index contributed by atoms with van der Waals surface area (Å²) >= 11 is 0. The maximum atomic E-state index is 10.3. The summed E-state index contributed by atoms with van der Waals surface area (Å²) in [6.45, 7) is 3.95. The number of H-pyrrole nitrogens is 1. The fraction of sp³-hybridized carbons (Fsp3) is 0.417. The van der Waals surface area contributed by atoms with Crippen LogP contribution in [-0.4, -0.2) is 47.3 Å². The van der Waals surface area contributed by atoms with E-state index in [2.05, 4.69) is 63.7 Å². The first kappa shape index (κ1) is 17.9. The Kier molecular flexibility index (Phi) is 4.50. The molecule has 0 spiro atoms. The number of fused-ring (bicyclic) bond motifs is 5. The average molecular weight is 376 g/mol. The number of rotatable bonds is 3. The van der Waals surface area contributed by atoms with Crippen molar-refractivity contribution < 1.29 is 5.11 Å². The number of nitrogens with zero attached hydrogens (tertiary/aromatic N) is 1. The Morgan fingerprint density at radius 2 is 1.96 bits per heavy atom. The first-order chi connectivity index (χ1) is 13.7. The normalized spacial score (nSPS) is 26.0. The number of para-hydroxylation sites is 1. The fourth-order valence-electron chi connectivity index (χ4n) is 5.42. The lowest BCUT2D eigenvalue weighted by Gasteiger charge is -2.47. The Balaban J connectivity index is 1.59. The van der Waals surface area contributed by atoms with Gasteiger partial charge >= 0.3 is 0 Å². The highest BCUT2D eigenvalue weighted by atomic mass is 16.3. The number of aromatic amines is 1. The predicted molar refractivity (Wildman–Crippen MR) is 114 cm³/mol. The van der Waals surface area contributed by atoms with Crippen LogP contribution in [0.5, 0.6) is 0 Å². The van der Waals surface area contributed by atoms with Crippen molar-refractivity contribution in [3.05, 3.63) is 59.8 Å². The first-order valence-corrected chi connectivity index (χ1v) is 10.5. The quantitative estimate of drug-likeness (QED) is 0.654. The van der Waals surface area contributed by atoms with E-state index in [4.69, 9.17) is 0 Å². The molecule has 0 unspecified atom stereocenters. The highest BCUT2D eigenvalue weighted by Gasteiger charge is 2.41. The van der Waals surface area contributed by atoms with E-state index in [1.165, 1.54) is 33.3 Å². The molecular formula is C24H29N3O. The molecule has 1 saturated heterocycles. The van der Waals surface area contributed by atoms with Crippen LogP contribution in [0.2, 0.25) is 0 Å². The molecule has 3 N–H and O–H groups in total. The molecule has 2 aromatic carbocycles. The summed E-state index contributed by atoms with van der Waals surface area (Å²) < 4.78 is 0. The molecule has 2 aliphatic heterocycles. The largest absolute Gasteiger partial charge is 0.393 e. The molecule has 0 bridgehead atoms. The molecule has 1 fully saturated rings. The number of piperidine rings is 1. The zero-order valence-corrected chi connectivity index (χ0v) is 16.7. The maximum Gasteiger partial charge on any atom is 0.0567 e. The molecule has 3 heterocycles. The van der Waals surface area contributed by atoms with E-state index >= 15 is 0 Å². The van der Waals surface area contributed by atoms with Gasteiger partial charge < -0.3 is 15.4 Å². The third-order valence-electron chi connectivity index (χ3n) is 6.91. The number of hydrogen-bond donors (Lipinski definition) is 3. The molecule has 4 nitrogen and oxygen atoms in total. The van der Waals surface area contributed by atoms with Crippen molar-refractivity contribution in [3.63, 3.8) is 0 Å². The van der Waals surface area contributed by atoms with Crippen molar-refractivity contribution in [1.82, 2.24) is 15.2 Å². The molecule has 0 amide bonds. The van der Waals surface area contributed by atoms with E-state index in [9.17, 15) is 5.11 Å². The van der Waals surface area contributed by atoms with Gasteiger partial charge in [0.15, 0.2) is 0 Å². The molecule has 0 saturated carbocycles. The summed E-state index contributed by atoms with van der Waals surface area (Å²) in [5.74, 6) is 0.284. The Labute approximate surface area is 166 Å². The third kappa shape index (κ3) is 2.79. The second-order valence-corrected chi connectivity index (χ2v) is 8.41. The van der Waals surface area contributed by atoms with Crippen LogP contribution in [0.3, 0.4) is 0 Å². The molecule has 0 radical (unpaired) electrons. The number of aromatic nitrogens is 1. The van der Waals surface area contributed by atoms with Gasteiger partial charge in [-0.15, -0.1) is 0 Å². The van der Waals surface area contributed by atoms with E-state index in [0.29, 0.717) is 12.1 Å². The smallest absolute Gasteiger partial charge is 0.0567 e. The van der Waals surface area contributed by atoms with Gasteiger partial charge in [-0.3, -0.25) is 4.90 Å². The Bertz CT molecular complexity index is 978. The van der Waals surface area contributed by atoms with E-state index < -0.39 is 0 Å². The summed E-state index contributed by atoms with van der Waals surface area (Å²) in [6, 6.07) is 18.1. The lowest BCUT2D eigenvalue weighted by atomic mass is 9.80. The number of benzene rings is 2. The minimum absolute atomic E-state index is 0.284. The number of aliphatic hydroxyl groups excluding tert-OH is 1. The summed E-state index contributed by atoms with van der Waals surface area (Å²) in [5, 5.41) is 15.1. The second-order valence-electron chi connectivity index (χ2n) is 8.41. The highest BCUT2D eigenvalue weighted by molar-refractivity contribution is 5.97. The zero-order valence-electron chi connectivity index (χ0n) is 16.7. The minimum Gasteiger partial charge on any atom is -0.393 e. The van der Waals surface area contributed by atoms with Gasteiger partial charge in [0.2, 0.25) is 0 Å². The van der Waals surface area contributed by atoms with Crippen LogP contribution >= 0.6 is 0 Å². The number of hydrogen-bond acceptors (Lipinski definition) is 3. The molecule has 28 heavy (non-hydrogen) atoms. The van der Waals surface area contributed by atoms with Crippen LogP contribution in [0.15, 0.2) is 48.5 Å². The van der Waals surface area contributed by atoms with Crippen LogP contribution in [0.4, 0.5) is 0 Å². The van der Waals surface area contributed by atoms with Crippen LogP contribution in [-0.2, 0) is 6.42 Å². The van der Waals surface area contributed by atoms with Crippen molar-refractivity contribution in [3.8, 4) is 11.1 Å². The molecule has 5 rings (SSSR count). The van der Waals surface area contributed by atoms with Crippen LogP contribution < -0.4 is 5.32 Å². The zero-order chi connectivity index (χ0) is 19.3. The number of aliphatic hydroxyl groups is 1. The van der Waals surface area contributed by atoms with E-state index in [1.807, 2.05) is 14.0 Å². The molecule has 1 aromatic heterocycles. The van der Waals surface area contributed by atoms with Gasteiger partial charge in [-0.25, -0.2) is 0 Å².